The van der Waals surface area contributed by atoms with E-state index in [0.717, 1.165) is 11.1 Å². The molecule has 2 heteroatoms. The van der Waals surface area contributed by atoms with E-state index >= 15 is 0 Å². The van der Waals surface area contributed by atoms with Gasteiger partial charge in [-0.2, -0.15) is 0 Å². The number of para-hydroxylation sites is 1. The van der Waals surface area contributed by atoms with Crippen LogP contribution in [0.5, 0.6) is 5.75 Å². The fraction of sp³-hybridized carbons (Fsp3) is 0.562. The van der Waals surface area contributed by atoms with E-state index in [9.17, 15) is 5.11 Å². The van der Waals surface area contributed by atoms with Gasteiger partial charge in [0, 0.05) is 11.8 Å². The molecule has 2 nitrogen and oxygen atoms in total. The lowest BCUT2D eigenvalue weighted by Gasteiger charge is -2.20. The summed E-state index contributed by atoms with van der Waals surface area (Å²) in [6.07, 6.45) is 10.00. The number of hydrogen-bond acceptors (Lipinski definition) is 2. The molecule has 0 amide bonds. The fourth-order valence-electron chi connectivity index (χ4n) is 3.29. The van der Waals surface area contributed by atoms with Gasteiger partial charge in [-0.25, -0.2) is 0 Å². The normalized spacial score (nSPS) is 25.7. The summed E-state index contributed by atoms with van der Waals surface area (Å²) in [5.41, 5.74) is 2.31. The maximum atomic E-state index is 9.94. The van der Waals surface area contributed by atoms with Gasteiger partial charge in [0.15, 0.2) is 0 Å². The first-order valence-corrected chi connectivity index (χ1v) is 7.03. The Hall–Kier alpha value is -1.31. The van der Waals surface area contributed by atoms with Crippen molar-refractivity contribution in [1.29, 1.82) is 0 Å². The number of rotatable bonds is 2. The molecule has 1 N–H and O–H groups in total. The molecule has 0 heterocycles. The Labute approximate surface area is 109 Å². The second-order valence-electron chi connectivity index (χ2n) is 5.93. The van der Waals surface area contributed by atoms with E-state index in [1.54, 1.807) is 0 Å². The molecule has 2 saturated carbocycles. The van der Waals surface area contributed by atoms with Crippen molar-refractivity contribution in [2.45, 2.75) is 51.5 Å². The molecule has 2 aliphatic carbocycles. The molecule has 1 aromatic rings. The van der Waals surface area contributed by atoms with Crippen LogP contribution < -0.4 is 0 Å². The molecule has 18 heavy (non-hydrogen) atoms. The quantitative estimate of drug-likeness (QED) is 0.786. The van der Waals surface area contributed by atoms with Crippen LogP contribution in [-0.2, 0) is 0 Å². The third-order valence-corrected chi connectivity index (χ3v) is 4.66. The van der Waals surface area contributed by atoms with Gasteiger partial charge in [0.25, 0.3) is 0 Å². The van der Waals surface area contributed by atoms with Gasteiger partial charge in [0.2, 0.25) is 0 Å². The Morgan fingerprint density at radius 1 is 1.28 bits per heavy atom. The van der Waals surface area contributed by atoms with Crippen LogP contribution >= 0.6 is 0 Å². The summed E-state index contributed by atoms with van der Waals surface area (Å²) in [5, 5.41) is 9.94. The number of benzene rings is 1. The van der Waals surface area contributed by atoms with Gasteiger partial charge in [-0.15, -0.1) is 0 Å². The zero-order valence-electron chi connectivity index (χ0n) is 11.0. The van der Waals surface area contributed by atoms with E-state index in [1.807, 2.05) is 31.3 Å². The van der Waals surface area contributed by atoms with Crippen molar-refractivity contribution in [3.8, 4) is 5.75 Å². The molecule has 0 aliphatic heterocycles. The standard InChI is InChI=1S/C16H21NO/c1-12-6-5-7-13(15(12)18)11-17-14-10-16(14)8-3-2-4-9-16/h5-7,11,14,18H,2-4,8-10H2,1H3. The molecule has 0 aromatic heterocycles. The number of phenols is 1. The van der Waals surface area contributed by atoms with Gasteiger partial charge in [-0.3, -0.25) is 4.99 Å². The third-order valence-electron chi connectivity index (χ3n) is 4.66. The number of aryl methyl sites for hydroxylation is 1. The maximum Gasteiger partial charge on any atom is 0.127 e. The smallest absolute Gasteiger partial charge is 0.127 e. The van der Waals surface area contributed by atoms with E-state index < -0.39 is 0 Å². The average Bonchev–Trinajstić information content (AvgIpc) is 3.04. The molecule has 0 bridgehead atoms. The number of phenolic OH excluding ortho intramolecular Hbond substituents is 1. The molecule has 0 saturated heterocycles. The highest BCUT2D eigenvalue weighted by Gasteiger charge is 2.53. The van der Waals surface area contributed by atoms with Crippen LogP contribution in [0.2, 0.25) is 0 Å². The van der Waals surface area contributed by atoms with Gasteiger partial charge in [0.05, 0.1) is 6.04 Å². The summed E-state index contributed by atoms with van der Waals surface area (Å²) in [4.78, 5) is 4.70. The average molecular weight is 243 g/mol. The molecule has 1 spiro atoms. The lowest BCUT2D eigenvalue weighted by Crippen LogP contribution is -2.10. The molecule has 1 unspecified atom stereocenters. The lowest BCUT2D eigenvalue weighted by molar-refractivity contribution is 0.327. The molecule has 1 aromatic carbocycles. The number of hydrogen-bond donors (Lipinski definition) is 1. The second-order valence-corrected chi connectivity index (χ2v) is 5.93. The van der Waals surface area contributed by atoms with E-state index in [2.05, 4.69) is 0 Å². The second kappa shape index (κ2) is 4.42. The molecule has 0 radical (unpaired) electrons. The van der Waals surface area contributed by atoms with Crippen LogP contribution in [0.4, 0.5) is 0 Å². The topological polar surface area (TPSA) is 32.6 Å². The predicted octanol–water partition coefficient (Wildman–Crippen LogP) is 3.84. The SMILES string of the molecule is Cc1cccc(C=NC2CC23CCCCC3)c1O. The zero-order valence-corrected chi connectivity index (χ0v) is 11.0. The van der Waals surface area contributed by atoms with Crippen molar-refractivity contribution < 1.29 is 5.11 Å². The zero-order chi connectivity index (χ0) is 12.6. The Balaban J connectivity index is 1.70. The first kappa shape index (κ1) is 11.8. The lowest BCUT2D eigenvalue weighted by atomic mass is 9.86. The maximum absolute atomic E-state index is 9.94. The van der Waals surface area contributed by atoms with Crippen molar-refractivity contribution >= 4 is 6.21 Å². The summed E-state index contributed by atoms with van der Waals surface area (Å²) in [6, 6.07) is 6.34. The number of aliphatic imine (C=N–C) groups is 1. The van der Waals surface area contributed by atoms with E-state index in [1.165, 1.54) is 38.5 Å². The van der Waals surface area contributed by atoms with Crippen LogP contribution in [0.3, 0.4) is 0 Å². The first-order chi connectivity index (χ1) is 8.71. The van der Waals surface area contributed by atoms with Crippen molar-refractivity contribution in [2.24, 2.45) is 10.4 Å². The first-order valence-electron chi connectivity index (χ1n) is 7.03. The van der Waals surface area contributed by atoms with Gasteiger partial charge >= 0.3 is 0 Å². The van der Waals surface area contributed by atoms with Crippen LogP contribution in [0.1, 0.15) is 49.7 Å². The Morgan fingerprint density at radius 2 is 2.06 bits per heavy atom. The van der Waals surface area contributed by atoms with Crippen LogP contribution in [0, 0.1) is 12.3 Å². The van der Waals surface area contributed by atoms with E-state index in [-0.39, 0.29) is 0 Å². The summed E-state index contributed by atoms with van der Waals surface area (Å²) >= 11 is 0. The monoisotopic (exact) mass is 243 g/mol. The van der Waals surface area contributed by atoms with Gasteiger partial charge in [-0.1, -0.05) is 31.4 Å². The van der Waals surface area contributed by atoms with Crippen molar-refractivity contribution in [1.82, 2.24) is 0 Å². The summed E-state index contributed by atoms with van der Waals surface area (Å²) in [7, 11) is 0. The van der Waals surface area contributed by atoms with Crippen molar-refractivity contribution in [3.05, 3.63) is 29.3 Å². The molecule has 2 aliphatic rings. The predicted molar refractivity (Wildman–Crippen MR) is 74.4 cm³/mol. The highest BCUT2D eigenvalue weighted by Crippen LogP contribution is 2.58. The molecule has 3 rings (SSSR count). The highest BCUT2D eigenvalue weighted by atomic mass is 16.3. The van der Waals surface area contributed by atoms with Crippen LogP contribution in [0.15, 0.2) is 23.2 Å². The fourth-order valence-corrected chi connectivity index (χ4v) is 3.29. The minimum Gasteiger partial charge on any atom is -0.507 e. The van der Waals surface area contributed by atoms with Gasteiger partial charge < -0.3 is 5.11 Å². The summed E-state index contributed by atoms with van der Waals surface area (Å²) < 4.78 is 0. The minimum atomic E-state index is 0.375. The van der Waals surface area contributed by atoms with Crippen LogP contribution in [-0.4, -0.2) is 17.4 Å². The summed E-state index contributed by atoms with van der Waals surface area (Å²) in [6.45, 7) is 1.92. The van der Waals surface area contributed by atoms with Crippen molar-refractivity contribution in [3.63, 3.8) is 0 Å². The Kier molecular flexibility index (Phi) is 2.89. The van der Waals surface area contributed by atoms with Crippen molar-refractivity contribution in [2.75, 3.05) is 0 Å². The molecular formula is C16H21NO. The van der Waals surface area contributed by atoms with Crippen LogP contribution in [0.25, 0.3) is 0 Å². The molecule has 1 atom stereocenters. The number of aromatic hydroxyl groups is 1. The Morgan fingerprint density at radius 3 is 2.83 bits per heavy atom. The van der Waals surface area contributed by atoms with E-state index in [4.69, 9.17) is 4.99 Å². The van der Waals surface area contributed by atoms with Gasteiger partial charge in [0.1, 0.15) is 5.75 Å². The summed E-state index contributed by atoms with van der Waals surface area (Å²) in [5.74, 6) is 0.375. The third kappa shape index (κ3) is 2.05. The minimum absolute atomic E-state index is 0.375. The Bertz CT molecular complexity index is 472. The highest BCUT2D eigenvalue weighted by molar-refractivity contribution is 5.84. The molecule has 96 valence electrons. The molecular weight excluding hydrogens is 222 g/mol. The number of nitrogens with zero attached hydrogens (tertiary/aromatic N) is 1. The molecule has 2 fully saturated rings. The van der Waals surface area contributed by atoms with Gasteiger partial charge in [-0.05, 0) is 43.2 Å². The van der Waals surface area contributed by atoms with E-state index in [0.29, 0.717) is 17.2 Å². The largest absolute Gasteiger partial charge is 0.507 e.